The molecule has 0 fully saturated rings. The van der Waals surface area contributed by atoms with Crippen molar-refractivity contribution in [2.75, 3.05) is 26.3 Å². The summed E-state index contributed by atoms with van der Waals surface area (Å²) in [4.78, 5) is 17.1. The Morgan fingerprint density at radius 1 is 1.00 bits per heavy atom. The molecule has 3 N–H and O–H groups in total. The number of likely N-dealkylation sites (N-methyl/N-ethyl adjacent to an activating group) is 1. The molecule has 4 rings (SSSR count). The maximum atomic E-state index is 14.8. The first kappa shape index (κ1) is 31.5. The minimum Gasteiger partial charge on any atom is -0.493 e. The normalized spacial score (nSPS) is 12.6. The summed E-state index contributed by atoms with van der Waals surface area (Å²) in [7, 11) is 0. The molecule has 4 aromatic rings. The van der Waals surface area contributed by atoms with E-state index in [2.05, 4.69) is 10.1 Å². The molecular weight excluding hydrogens is 560 g/mol. The van der Waals surface area contributed by atoms with Gasteiger partial charge in [-0.25, -0.2) is 23.9 Å². The van der Waals surface area contributed by atoms with E-state index in [4.69, 9.17) is 14.7 Å². The summed E-state index contributed by atoms with van der Waals surface area (Å²) < 4.78 is 41.4. The molecule has 10 nitrogen and oxygen atoms in total. The third-order valence-corrected chi connectivity index (χ3v) is 6.82. The van der Waals surface area contributed by atoms with Crippen molar-refractivity contribution in [1.82, 2.24) is 25.1 Å². The van der Waals surface area contributed by atoms with Crippen LogP contribution < -0.4 is 15.0 Å². The zero-order chi connectivity index (χ0) is 30.7. The second-order valence-electron chi connectivity index (χ2n) is 10.1. The van der Waals surface area contributed by atoms with Crippen molar-refractivity contribution in [2.45, 2.75) is 38.5 Å². The number of nitrogens with one attached hydrogen (secondary N) is 1. The topological polar surface area (TPSA) is 122 Å². The third-order valence-electron chi connectivity index (χ3n) is 6.82. The minimum absolute atomic E-state index is 0.0142. The van der Waals surface area contributed by atoms with Crippen molar-refractivity contribution in [1.29, 1.82) is 0 Å². The highest BCUT2D eigenvalue weighted by molar-refractivity contribution is 5.77. The lowest BCUT2D eigenvalue weighted by Gasteiger charge is -2.34. The van der Waals surface area contributed by atoms with Crippen molar-refractivity contribution >= 4 is 5.91 Å². The maximum Gasteiger partial charge on any atom is 0.247 e. The van der Waals surface area contributed by atoms with Crippen LogP contribution in [0, 0.1) is 11.6 Å². The molecule has 43 heavy (non-hydrogen) atoms. The highest BCUT2D eigenvalue weighted by Gasteiger charge is 2.35. The Morgan fingerprint density at radius 2 is 1.65 bits per heavy atom. The number of hydroxylamine groups is 1. The Kier molecular flexibility index (Phi) is 11.1. The van der Waals surface area contributed by atoms with Gasteiger partial charge in [0.25, 0.3) is 0 Å². The molecule has 12 heteroatoms. The number of rotatable bonds is 16. The van der Waals surface area contributed by atoms with Crippen LogP contribution in [0.25, 0.3) is 0 Å². The molecule has 1 amide bonds. The second-order valence-corrected chi connectivity index (χ2v) is 10.1. The fourth-order valence-electron chi connectivity index (χ4n) is 4.64. The molecule has 1 aromatic heterocycles. The molecule has 0 aliphatic rings. The van der Waals surface area contributed by atoms with Gasteiger partial charge < -0.3 is 14.6 Å². The molecule has 0 bridgehead atoms. The molecule has 0 spiro atoms. The van der Waals surface area contributed by atoms with E-state index < -0.39 is 23.1 Å². The molecule has 0 saturated carbocycles. The predicted molar refractivity (Wildman–Crippen MR) is 153 cm³/mol. The van der Waals surface area contributed by atoms with Crippen molar-refractivity contribution in [3.8, 4) is 11.5 Å². The smallest absolute Gasteiger partial charge is 0.247 e. The monoisotopic (exact) mass is 595 g/mol. The quantitative estimate of drug-likeness (QED) is 0.101. The van der Waals surface area contributed by atoms with Gasteiger partial charge in [0.15, 0.2) is 0 Å². The first-order chi connectivity index (χ1) is 20.8. The van der Waals surface area contributed by atoms with Crippen molar-refractivity contribution in [3.05, 3.63) is 108 Å². The van der Waals surface area contributed by atoms with E-state index in [0.29, 0.717) is 44.2 Å². The van der Waals surface area contributed by atoms with E-state index >= 15 is 0 Å². The largest absolute Gasteiger partial charge is 0.493 e. The number of benzene rings is 3. The number of halogens is 2. The molecule has 1 unspecified atom stereocenters. The van der Waals surface area contributed by atoms with E-state index in [-0.39, 0.29) is 25.1 Å². The predicted octanol–water partition coefficient (Wildman–Crippen LogP) is 3.86. The van der Waals surface area contributed by atoms with Gasteiger partial charge in [0.2, 0.25) is 5.91 Å². The van der Waals surface area contributed by atoms with Crippen LogP contribution in [0.2, 0.25) is 0 Å². The Hall–Kier alpha value is -4.39. The lowest BCUT2D eigenvalue weighted by molar-refractivity contribution is -0.128. The molecule has 0 saturated heterocycles. The van der Waals surface area contributed by atoms with Crippen LogP contribution in [0.3, 0.4) is 0 Å². The highest BCUT2D eigenvalue weighted by Crippen LogP contribution is 2.28. The number of carbonyl (C=O) groups is 1. The minimum atomic E-state index is -1.69. The summed E-state index contributed by atoms with van der Waals surface area (Å²) in [5.41, 5.74) is 1.64. The van der Waals surface area contributed by atoms with Crippen molar-refractivity contribution in [3.63, 3.8) is 0 Å². The van der Waals surface area contributed by atoms with Gasteiger partial charge in [-0.05, 0) is 48.0 Å². The molecule has 228 valence electrons. The van der Waals surface area contributed by atoms with Gasteiger partial charge in [-0.1, -0.05) is 37.3 Å². The third kappa shape index (κ3) is 9.30. The van der Waals surface area contributed by atoms with E-state index in [1.54, 1.807) is 29.7 Å². The number of hydrogen-bond acceptors (Lipinski definition) is 8. The summed E-state index contributed by atoms with van der Waals surface area (Å²) >= 11 is 0. The number of aliphatic hydroxyl groups is 1. The number of amides is 1. The summed E-state index contributed by atoms with van der Waals surface area (Å²) in [6.07, 6.45) is 3.51. The molecule has 1 heterocycles. The summed E-state index contributed by atoms with van der Waals surface area (Å²) in [6, 6.07) is 17.8. The van der Waals surface area contributed by atoms with Crippen LogP contribution in [0.1, 0.15) is 30.0 Å². The van der Waals surface area contributed by atoms with Crippen LogP contribution >= 0.6 is 0 Å². The summed E-state index contributed by atoms with van der Waals surface area (Å²) in [6.45, 7) is 3.92. The Labute approximate surface area is 248 Å². The van der Waals surface area contributed by atoms with Gasteiger partial charge in [-0.15, -0.1) is 0 Å². The number of carbonyl (C=O) groups excluding carboxylic acids is 1. The summed E-state index contributed by atoms with van der Waals surface area (Å²) in [5, 5.41) is 24.3. The van der Waals surface area contributed by atoms with E-state index in [0.717, 1.165) is 23.3 Å². The number of hydrogen-bond donors (Lipinski definition) is 3. The SMILES string of the molecule is CCN(Cc1ccc(OCCCOc2ccc(CC(=O)NO)cc2)cc1)CC(O)(Cn1cncn1)c1ccc(F)cc1F. The number of ether oxygens (including phenoxy) is 2. The highest BCUT2D eigenvalue weighted by atomic mass is 19.1. The molecule has 1 atom stereocenters. The Balaban J connectivity index is 1.27. The molecule has 0 aliphatic heterocycles. The van der Waals surface area contributed by atoms with E-state index in [1.165, 1.54) is 23.4 Å². The van der Waals surface area contributed by atoms with Crippen LogP contribution in [0.4, 0.5) is 8.78 Å². The second kappa shape index (κ2) is 15.2. The molecule has 0 aliphatic carbocycles. The fraction of sp³-hybridized carbons (Fsp3) is 0.323. The Bertz CT molecular complexity index is 1440. The lowest BCUT2D eigenvalue weighted by atomic mass is 9.92. The van der Waals surface area contributed by atoms with Gasteiger partial charge in [-0.3, -0.25) is 14.9 Å². The van der Waals surface area contributed by atoms with Crippen LogP contribution in [-0.4, -0.2) is 62.2 Å². The van der Waals surface area contributed by atoms with Gasteiger partial charge in [0, 0.05) is 31.1 Å². The van der Waals surface area contributed by atoms with Crippen LogP contribution in [-0.2, 0) is 29.9 Å². The van der Waals surface area contributed by atoms with E-state index in [1.807, 2.05) is 36.1 Å². The summed E-state index contributed by atoms with van der Waals surface area (Å²) in [5.74, 6) is -0.646. The van der Waals surface area contributed by atoms with Gasteiger partial charge >= 0.3 is 0 Å². The molecule has 0 radical (unpaired) electrons. The first-order valence-corrected chi connectivity index (χ1v) is 13.9. The Morgan fingerprint density at radius 3 is 2.21 bits per heavy atom. The van der Waals surface area contributed by atoms with Gasteiger partial charge in [0.1, 0.15) is 41.4 Å². The average Bonchev–Trinajstić information content (AvgIpc) is 3.50. The van der Waals surface area contributed by atoms with Crippen molar-refractivity contribution < 1.29 is 33.4 Å². The van der Waals surface area contributed by atoms with E-state index in [9.17, 15) is 18.7 Å². The van der Waals surface area contributed by atoms with Crippen LogP contribution in [0.15, 0.2) is 79.4 Å². The fourth-order valence-corrected chi connectivity index (χ4v) is 4.64. The maximum absolute atomic E-state index is 14.8. The van der Waals surface area contributed by atoms with Crippen molar-refractivity contribution in [2.24, 2.45) is 0 Å². The van der Waals surface area contributed by atoms with Crippen LogP contribution in [0.5, 0.6) is 11.5 Å². The number of aromatic nitrogens is 3. The molecular formula is C31H35F2N5O5. The van der Waals surface area contributed by atoms with Gasteiger partial charge in [0.05, 0.1) is 26.2 Å². The standard InChI is InChI=1S/C31H35F2N5O5/c1-2-37(19-31(40,20-38-22-34-21-35-38)28-13-8-25(32)17-29(28)33)18-24-6-11-27(12-7-24)43-15-3-14-42-26-9-4-23(5-10-26)16-30(39)36-41/h4-13,17,21-22,40-41H,2-3,14-16,18-20H2,1H3,(H,36,39). The number of nitrogens with zero attached hydrogens (tertiary/aromatic N) is 4. The molecule has 3 aromatic carbocycles. The zero-order valence-corrected chi connectivity index (χ0v) is 23.8. The lowest BCUT2D eigenvalue weighted by Crippen LogP contribution is -2.44. The zero-order valence-electron chi connectivity index (χ0n) is 23.8. The van der Waals surface area contributed by atoms with Gasteiger partial charge in [-0.2, -0.15) is 5.10 Å². The average molecular weight is 596 g/mol. The first-order valence-electron chi connectivity index (χ1n) is 13.9.